The molecule has 2 saturated carbocycles. The minimum atomic E-state index is 0.711. The summed E-state index contributed by atoms with van der Waals surface area (Å²) >= 11 is 0. The zero-order valence-corrected chi connectivity index (χ0v) is 11.4. The van der Waals surface area contributed by atoms with Gasteiger partial charge in [-0.3, -0.25) is 0 Å². The second-order valence-corrected chi connectivity index (χ2v) is 6.24. The van der Waals surface area contributed by atoms with Gasteiger partial charge in [-0.05, 0) is 56.9 Å². The quantitative estimate of drug-likeness (QED) is 0.783. The summed E-state index contributed by atoms with van der Waals surface area (Å²) in [6.45, 7) is 4.60. The zero-order valence-electron chi connectivity index (χ0n) is 11.4. The van der Waals surface area contributed by atoms with Crippen LogP contribution in [0.3, 0.4) is 0 Å². The number of hydrogen-bond donors (Lipinski definition) is 1. The number of fused-ring (bicyclic) bond motifs is 2. The van der Waals surface area contributed by atoms with Crippen molar-refractivity contribution in [1.29, 1.82) is 0 Å². The first-order valence-electron chi connectivity index (χ1n) is 7.52. The van der Waals surface area contributed by atoms with Crippen LogP contribution in [0.2, 0.25) is 0 Å². The van der Waals surface area contributed by atoms with Gasteiger partial charge in [0, 0.05) is 25.0 Å². The molecule has 0 radical (unpaired) electrons. The second-order valence-electron chi connectivity index (χ2n) is 6.24. The van der Waals surface area contributed by atoms with Crippen molar-refractivity contribution < 1.29 is 0 Å². The summed E-state index contributed by atoms with van der Waals surface area (Å²) in [5.74, 6) is 3.05. The SMILES string of the molecule is CC(NCCCn1ccnc1)C1CC2CCC1C2. The van der Waals surface area contributed by atoms with Gasteiger partial charge in [0.1, 0.15) is 0 Å². The van der Waals surface area contributed by atoms with E-state index in [2.05, 4.69) is 21.8 Å². The van der Waals surface area contributed by atoms with E-state index >= 15 is 0 Å². The molecule has 1 aromatic heterocycles. The normalized spacial score (nSPS) is 31.9. The summed E-state index contributed by atoms with van der Waals surface area (Å²) < 4.78 is 2.16. The number of aromatic nitrogens is 2. The summed E-state index contributed by atoms with van der Waals surface area (Å²) in [6.07, 6.45) is 13.0. The fraction of sp³-hybridized carbons (Fsp3) is 0.800. The molecule has 4 atom stereocenters. The van der Waals surface area contributed by atoms with Gasteiger partial charge in [-0.15, -0.1) is 0 Å². The average Bonchev–Trinajstić information content (AvgIpc) is 3.10. The van der Waals surface area contributed by atoms with Crippen molar-refractivity contribution in [2.75, 3.05) is 6.54 Å². The first-order chi connectivity index (χ1) is 8.83. The molecule has 0 saturated heterocycles. The van der Waals surface area contributed by atoms with Crippen LogP contribution in [0.1, 0.15) is 39.0 Å². The number of imidazole rings is 1. The fourth-order valence-corrected chi connectivity index (χ4v) is 4.07. The second kappa shape index (κ2) is 5.43. The molecule has 1 heterocycles. The first kappa shape index (κ1) is 12.2. The molecule has 3 heteroatoms. The van der Waals surface area contributed by atoms with Gasteiger partial charge in [-0.25, -0.2) is 4.98 Å². The Bertz CT molecular complexity index is 360. The van der Waals surface area contributed by atoms with E-state index in [-0.39, 0.29) is 0 Å². The van der Waals surface area contributed by atoms with Crippen LogP contribution >= 0.6 is 0 Å². The van der Waals surface area contributed by atoms with Gasteiger partial charge >= 0.3 is 0 Å². The van der Waals surface area contributed by atoms with E-state index in [1.165, 1.54) is 32.1 Å². The maximum atomic E-state index is 4.07. The third-order valence-electron chi connectivity index (χ3n) is 5.05. The molecular formula is C15H25N3. The van der Waals surface area contributed by atoms with Crippen LogP contribution in [-0.4, -0.2) is 22.1 Å². The molecule has 4 unspecified atom stereocenters. The third kappa shape index (κ3) is 2.61. The molecule has 0 aromatic carbocycles. The lowest BCUT2D eigenvalue weighted by Gasteiger charge is -2.28. The molecule has 2 fully saturated rings. The molecular weight excluding hydrogens is 222 g/mol. The molecule has 0 aliphatic heterocycles. The van der Waals surface area contributed by atoms with Crippen LogP contribution < -0.4 is 5.32 Å². The molecule has 2 aliphatic rings. The smallest absolute Gasteiger partial charge is 0.0945 e. The van der Waals surface area contributed by atoms with Crippen molar-refractivity contribution in [3.63, 3.8) is 0 Å². The van der Waals surface area contributed by atoms with Crippen LogP contribution in [0, 0.1) is 17.8 Å². The van der Waals surface area contributed by atoms with Gasteiger partial charge < -0.3 is 9.88 Å². The third-order valence-corrected chi connectivity index (χ3v) is 5.05. The minimum absolute atomic E-state index is 0.711. The van der Waals surface area contributed by atoms with Crippen molar-refractivity contribution in [1.82, 2.24) is 14.9 Å². The Morgan fingerprint density at radius 3 is 3.00 bits per heavy atom. The van der Waals surface area contributed by atoms with Crippen molar-refractivity contribution >= 4 is 0 Å². The first-order valence-corrected chi connectivity index (χ1v) is 7.52. The van der Waals surface area contributed by atoms with Crippen LogP contribution in [-0.2, 0) is 6.54 Å². The Balaban J connectivity index is 1.36. The lowest BCUT2D eigenvalue weighted by molar-refractivity contribution is 0.259. The molecule has 18 heavy (non-hydrogen) atoms. The summed E-state index contributed by atoms with van der Waals surface area (Å²) in [6, 6.07) is 0.711. The van der Waals surface area contributed by atoms with E-state index in [0.29, 0.717) is 6.04 Å². The van der Waals surface area contributed by atoms with E-state index in [9.17, 15) is 0 Å². The van der Waals surface area contributed by atoms with Crippen molar-refractivity contribution in [2.45, 2.75) is 51.6 Å². The van der Waals surface area contributed by atoms with Crippen molar-refractivity contribution in [3.05, 3.63) is 18.7 Å². The highest BCUT2D eigenvalue weighted by Gasteiger charge is 2.41. The van der Waals surface area contributed by atoms with Gasteiger partial charge in [-0.2, -0.15) is 0 Å². The van der Waals surface area contributed by atoms with Crippen LogP contribution in [0.15, 0.2) is 18.7 Å². The van der Waals surface area contributed by atoms with Gasteiger partial charge in [0.15, 0.2) is 0 Å². The minimum Gasteiger partial charge on any atom is -0.337 e. The highest BCUT2D eigenvalue weighted by Crippen LogP contribution is 2.49. The van der Waals surface area contributed by atoms with E-state index < -0.39 is 0 Å². The Hall–Kier alpha value is -0.830. The maximum absolute atomic E-state index is 4.07. The zero-order chi connectivity index (χ0) is 12.4. The molecule has 100 valence electrons. The molecule has 0 amide bonds. The van der Waals surface area contributed by atoms with E-state index in [1.54, 1.807) is 0 Å². The van der Waals surface area contributed by atoms with Crippen LogP contribution in [0.5, 0.6) is 0 Å². The monoisotopic (exact) mass is 247 g/mol. The van der Waals surface area contributed by atoms with Crippen molar-refractivity contribution in [3.8, 4) is 0 Å². The lowest BCUT2D eigenvalue weighted by Crippen LogP contribution is -2.37. The summed E-state index contributed by atoms with van der Waals surface area (Å²) in [5, 5.41) is 3.74. The molecule has 0 spiro atoms. The highest BCUT2D eigenvalue weighted by molar-refractivity contribution is 4.93. The number of aryl methyl sites for hydroxylation is 1. The van der Waals surface area contributed by atoms with Gasteiger partial charge in [0.25, 0.3) is 0 Å². The van der Waals surface area contributed by atoms with Crippen LogP contribution in [0.4, 0.5) is 0 Å². The summed E-state index contributed by atoms with van der Waals surface area (Å²) in [4.78, 5) is 4.07. The number of rotatable bonds is 6. The maximum Gasteiger partial charge on any atom is 0.0945 e. The topological polar surface area (TPSA) is 29.9 Å². The Morgan fingerprint density at radius 2 is 2.33 bits per heavy atom. The molecule has 1 aromatic rings. The number of nitrogens with one attached hydrogen (secondary N) is 1. The predicted molar refractivity (Wildman–Crippen MR) is 73.2 cm³/mol. The summed E-state index contributed by atoms with van der Waals surface area (Å²) in [5.41, 5.74) is 0. The average molecular weight is 247 g/mol. The highest BCUT2D eigenvalue weighted by atomic mass is 15.0. The summed E-state index contributed by atoms with van der Waals surface area (Å²) in [7, 11) is 0. The molecule has 2 aliphatic carbocycles. The predicted octanol–water partition coefficient (Wildman–Crippen LogP) is 2.69. The Kier molecular flexibility index (Phi) is 3.69. The van der Waals surface area contributed by atoms with E-state index in [4.69, 9.17) is 0 Å². The number of nitrogens with zero attached hydrogens (tertiary/aromatic N) is 2. The van der Waals surface area contributed by atoms with E-state index in [1.807, 2.05) is 18.7 Å². The standard InChI is InChI=1S/C15H25N3/c1-12(15-10-13-3-4-14(15)9-13)17-5-2-7-18-8-6-16-11-18/h6,8,11-15,17H,2-5,7,9-10H2,1H3. The molecule has 1 N–H and O–H groups in total. The Morgan fingerprint density at radius 1 is 1.39 bits per heavy atom. The Labute approximate surface area is 110 Å². The van der Waals surface area contributed by atoms with Gasteiger partial charge in [0.05, 0.1) is 6.33 Å². The van der Waals surface area contributed by atoms with Crippen LogP contribution in [0.25, 0.3) is 0 Å². The lowest BCUT2D eigenvalue weighted by atomic mass is 9.84. The van der Waals surface area contributed by atoms with Gasteiger partial charge in [-0.1, -0.05) is 6.42 Å². The van der Waals surface area contributed by atoms with Crippen molar-refractivity contribution in [2.24, 2.45) is 17.8 Å². The fourth-order valence-electron chi connectivity index (χ4n) is 4.07. The van der Waals surface area contributed by atoms with E-state index in [0.717, 1.165) is 30.8 Å². The molecule has 3 rings (SSSR count). The largest absolute Gasteiger partial charge is 0.337 e. The molecule has 2 bridgehead atoms. The molecule has 3 nitrogen and oxygen atoms in total. The van der Waals surface area contributed by atoms with Gasteiger partial charge in [0.2, 0.25) is 0 Å². The number of hydrogen-bond acceptors (Lipinski definition) is 2.